The van der Waals surface area contributed by atoms with Gasteiger partial charge in [0.15, 0.2) is 0 Å². The van der Waals surface area contributed by atoms with Gasteiger partial charge in [0, 0.05) is 18.6 Å². The minimum atomic E-state index is 0.966. The molecule has 11 heavy (non-hydrogen) atoms. The summed E-state index contributed by atoms with van der Waals surface area (Å²) in [6.07, 6.45) is 10.7. The summed E-state index contributed by atoms with van der Waals surface area (Å²) in [7, 11) is 0. The van der Waals surface area contributed by atoms with Crippen LogP contribution < -0.4 is 0 Å². The van der Waals surface area contributed by atoms with Crippen molar-refractivity contribution in [1.82, 2.24) is 9.97 Å². The van der Waals surface area contributed by atoms with E-state index in [9.17, 15) is 0 Å². The molecule has 0 saturated carbocycles. The Morgan fingerprint density at radius 3 is 2.45 bits per heavy atom. The highest BCUT2D eigenvalue weighted by atomic mass is 14.8. The van der Waals surface area contributed by atoms with Crippen LogP contribution >= 0.6 is 0 Å². The number of terminal acetylenes is 1. The standard InChI is InChI=1S/C6H8N2.C3H4/c1-2-6-5-7-3-4-8-6;1-3-2/h3-5H,2H2,1H3;1H,2H3. The summed E-state index contributed by atoms with van der Waals surface area (Å²) in [6.45, 7) is 3.71. The zero-order valence-electron chi connectivity index (χ0n) is 6.91. The maximum atomic E-state index is 4.60. The van der Waals surface area contributed by atoms with Gasteiger partial charge in [-0.2, -0.15) is 0 Å². The number of nitrogens with zero attached hydrogens (tertiary/aromatic N) is 2. The van der Waals surface area contributed by atoms with E-state index in [4.69, 9.17) is 0 Å². The first-order chi connectivity index (χ1) is 5.35. The molecule has 2 nitrogen and oxygen atoms in total. The first kappa shape index (κ1) is 9.64. The Morgan fingerprint density at radius 1 is 1.55 bits per heavy atom. The van der Waals surface area contributed by atoms with E-state index in [-0.39, 0.29) is 0 Å². The number of aromatic nitrogens is 2. The number of hydrogen-bond acceptors (Lipinski definition) is 2. The van der Waals surface area contributed by atoms with Crippen LogP contribution in [-0.4, -0.2) is 9.97 Å². The van der Waals surface area contributed by atoms with Crippen molar-refractivity contribution < 1.29 is 0 Å². The molecular formula is C9H12N2. The van der Waals surface area contributed by atoms with Crippen LogP contribution in [0, 0.1) is 12.3 Å². The lowest BCUT2D eigenvalue weighted by atomic mass is 10.4. The van der Waals surface area contributed by atoms with Crippen LogP contribution in [0.4, 0.5) is 0 Å². The first-order valence-corrected chi connectivity index (χ1v) is 3.47. The van der Waals surface area contributed by atoms with Crippen molar-refractivity contribution >= 4 is 0 Å². The molecule has 1 rings (SSSR count). The average molecular weight is 148 g/mol. The van der Waals surface area contributed by atoms with E-state index in [1.54, 1.807) is 25.5 Å². The van der Waals surface area contributed by atoms with Crippen molar-refractivity contribution in [2.24, 2.45) is 0 Å². The van der Waals surface area contributed by atoms with Crippen LogP contribution in [0.3, 0.4) is 0 Å². The van der Waals surface area contributed by atoms with Gasteiger partial charge in [-0.25, -0.2) is 0 Å². The maximum absolute atomic E-state index is 4.60. The molecule has 0 aliphatic heterocycles. The van der Waals surface area contributed by atoms with Crippen molar-refractivity contribution in [3.05, 3.63) is 24.3 Å². The van der Waals surface area contributed by atoms with Crippen LogP contribution in [0.25, 0.3) is 0 Å². The van der Waals surface area contributed by atoms with Gasteiger partial charge < -0.3 is 0 Å². The van der Waals surface area contributed by atoms with E-state index in [0.717, 1.165) is 12.1 Å². The zero-order valence-corrected chi connectivity index (χ0v) is 6.91. The second kappa shape index (κ2) is 6.76. The largest absolute Gasteiger partial charge is 0.261 e. The van der Waals surface area contributed by atoms with Crippen molar-refractivity contribution in [3.8, 4) is 12.3 Å². The molecule has 0 unspecified atom stereocenters. The third-order valence-corrected chi connectivity index (χ3v) is 0.979. The van der Waals surface area contributed by atoms with Gasteiger partial charge in [0.25, 0.3) is 0 Å². The van der Waals surface area contributed by atoms with Gasteiger partial charge in [0.1, 0.15) is 0 Å². The number of hydrogen-bond donors (Lipinski definition) is 0. The molecule has 1 heterocycles. The van der Waals surface area contributed by atoms with Gasteiger partial charge in [0.05, 0.1) is 5.69 Å². The van der Waals surface area contributed by atoms with E-state index < -0.39 is 0 Å². The van der Waals surface area contributed by atoms with Gasteiger partial charge >= 0.3 is 0 Å². The van der Waals surface area contributed by atoms with Gasteiger partial charge in [0.2, 0.25) is 0 Å². The molecule has 0 aromatic carbocycles. The van der Waals surface area contributed by atoms with Crippen molar-refractivity contribution in [2.45, 2.75) is 20.3 Å². The van der Waals surface area contributed by atoms with Crippen LogP contribution in [0.15, 0.2) is 18.6 Å². The summed E-state index contributed by atoms with van der Waals surface area (Å²) < 4.78 is 0. The van der Waals surface area contributed by atoms with Gasteiger partial charge in [-0.15, -0.1) is 12.3 Å². The van der Waals surface area contributed by atoms with Gasteiger partial charge in [-0.05, 0) is 13.3 Å². The molecule has 0 N–H and O–H groups in total. The molecule has 0 bridgehead atoms. The highest BCUT2D eigenvalue weighted by Gasteiger charge is 1.82. The maximum Gasteiger partial charge on any atom is 0.0583 e. The fraction of sp³-hybridized carbons (Fsp3) is 0.333. The van der Waals surface area contributed by atoms with E-state index in [1.165, 1.54) is 0 Å². The lowest BCUT2D eigenvalue weighted by Crippen LogP contribution is -1.84. The monoisotopic (exact) mass is 148 g/mol. The quantitative estimate of drug-likeness (QED) is 0.566. The van der Waals surface area contributed by atoms with Crippen molar-refractivity contribution in [3.63, 3.8) is 0 Å². The predicted octanol–water partition coefficient (Wildman–Crippen LogP) is 1.68. The summed E-state index contributed by atoms with van der Waals surface area (Å²) in [4.78, 5) is 7.93. The Hall–Kier alpha value is -1.36. The van der Waals surface area contributed by atoms with Crippen LogP contribution in [0.5, 0.6) is 0 Å². The Bertz CT molecular complexity index is 211. The van der Waals surface area contributed by atoms with Gasteiger partial charge in [-0.1, -0.05) is 6.92 Å². The topological polar surface area (TPSA) is 25.8 Å². The molecular weight excluding hydrogens is 136 g/mol. The molecule has 0 fully saturated rings. The predicted molar refractivity (Wildman–Crippen MR) is 45.9 cm³/mol. The Labute approximate surface area is 67.7 Å². The summed E-state index contributed by atoms with van der Waals surface area (Å²) in [5, 5.41) is 0. The zero-order chi connectivity index (χ0) is 8.53. The SMILES string of the molecule is C#CC.CCc1cnccn1. The highest BCUT2D eigenvalue weighted by Crippen LogP contribution is 1.87. The van der Waals surface area contributed by atoms with E-state index in [2.05, 4.69) is 29.2 Å². The Kier molecular flexibility index (Phi) is 5.92. The highest BCUT2D eigenvalue weighted by molar-refractivity contribution is 4.92. The third kappa shape index (κ3) is 5.10. The second-order valence-electron chi connectivity index (χ2n) is 1.84. The Morgan fingerprint density at radius 2 is 2.18 bits per heavy atom. The smallest absolute Gasteiger partial charge is 0.0583 e. The van der Waals surface area contributed by atoms with Crippen LogP contribution in [0.2, 0.25) is 0 Å². The molecule has 0 amide bonds. The van der Waals surface area contributed by atoms with E-state index in [0.29, 0.717) is 0 Å². The van der Waals surface area contributed by atoms with Gasteiger partial charge in [-0.3, -0.25) is 9.97 Å². The summed E-state index contributed by atoms with van der Waals surface area (Å²) >= 11 is 0. The summed E-state index contributed by atoms with van der Waals surface area (Å²) in [6, 6.07) is 0. The minimum absolute atomic E-state index is 0.966. The molecule has 2 heteroatoms. The molecule has 0 spiro atoms. The number of aryl methyl sites for hydroxylation is 1. The summed E-state index contributed by atoms with van der Waals surface area (Å²) in [5.74, 6) is 2.25. The van der Waals surface area contributed by atoms with E-state index in [1.807, 2.05) is 0 Å². The molecule has 0 radical (unpaired) electrons. The second-order valence-corrected chi connectivity index (χ2v) is 1.84. The molecule has 1 aromatic heterocycles. The lowest BCUT2D eigenvalue weighted by Gasteiger charge is -1.88. The molecule has 0 aliphatic carbocycles. The molecule has 58 valence electrons. The number of rotatable bonds is 1. The van der Waals surface area contributed by atoms with Crippen LogP contribution in [0.1, 0.15) is 19.5 Å². The molecule has 1 aromatic rings. The third-order valence-electron chi connectivity index (χ3n) is 0.979. The molecule has 0 saturated heterocycles. The normalized spacial score (nSPS) is 7.36. The van der Waals surface area contributed by atoms with Crippen molar-refractivity contribution in [1.29, 1.82) is 0 Å². The average Bonchev–Trinajstić information content (AvgIpc) is 2.08. The van der Waals surface area contributed by atoms with Crippen LogP contribution in [-0.2, 0) is 6.42 Å². The molecule has 0 atom stereocenters. The lowest BCUT2D eigenvalue weighted by molar-refractivity contribution is 1.000. The first-order valence-electron chi connectivity index (χ1n) is 3.47. The van der Waals surface area contributed by atoms with E-state index >= 15 is 0 Å². The summed E-state index contributed by atoms with van der Waals surface area (Å²) in [5.41, 5.74) is 1.05. The minimum Gasteiger partial charge on any atom is -0.261 e. The molecule has 0 aliphatic rings. The van der Waals surface area contributed by atoms with Crippen molar-refractivity contribution in [2.75, 3.05) is 0 Å². The fourth-order valence-corrected chi connectivity index (χ4v) is 0.513. The Balaban J connectivity index is 0.000000292. The fourth-order valence-electron chi connectivity index (χ4n) is 0.513.